The Bertz CT molecular complexity index is 488. The summed E-state index contributed by atoms with van der Waals surface area (Å²) in [6.07, 6.45) is 17.7. The van der Waals surface area contributed by atoms with Gasteiger partial charge in [0.1, 0.15) is 5.69 Å². The second-order valence-corrected chi connectivity index (χ2v) is 7.68. The lowest BCUT2D eigenvalue weighted by molar-refractivity contribution is -0.00598. The summed E-state index contributed by atoms with van der Waals surface area (Å²) < 4.78 is 5.38. The van der Waals surface area contributed by atoms with Gasteiger partial charge < -0.3 is 9.72 Å². The number of H-pyrrole nitrogens is 1. The van der Waals surface area contributed by atoms with Crippen molar-refractivity contribution in [2.24, 2.45) is 0 Å². The van der Waals surface area contributed by atoms with Crippen molar-refractivity contribution in [1.29, 1.82) is 0 Å². The molecular formula is C22H41ClN2O2. The molecule has 0 radical (unpaired) electrons. The number of aromatic amines is 1. The fraction of sp³-hybridized carbons (Fsp3) is 0.773. The van der Waals surface area contributed by atoms with Crippen LogP contribution in [0.5, 0.6) is 0 Å². The summed E-state index contributed by atoms with van der Waals surface area (Å²) in [6.45, 7) is 4.14. The molecule has 4 nitrogen and oxygen atoms in total. The maximum Gasteiger partial charge on any atom is 0.356 e. The molecule has 0 saturated heterocycles. The number of aromatic nitrogens is 1. The molecule has 0 aromatic carbocycles. The van der Waals surface area contributed by atoms with Gasteiger partial charge in [-0.25, -0.2) is 4.79 Å². The molecule has 0 aliphatic heterocycles. The van der Waals surface area contributed by atoms with E-state index in [-0.39, 0.29) is 24.6 Å². The fourth-order valence-corrected chi connectivity index (χ4v) is 3.02. The minimum Gasteiger partial charge on any atom is -0.442 e. The van der Waals surface area contributed by atoms with Gasteiger partial charge in [0.05, 0.1) is 0 Å². The van der Waals surface area contributed by atoms with Gasteiger partial charge in [0.25, 0.3) is 0 Å². The molecule has 1 N–H and O–H groups in total. The van der Waals surface area contributed by atoms with E-state index in [1.807, 2.05) is 38.2 Å². The third kappa shape index (κ3) is 12.1. The molecule has 1 atom stereocenters. The molecule has 0 saturated carbocycles. The van der Waals surface area contributed by atoms with E-state index < -0.39 is 0 Å². The lowest BCUT2D eigenvalue weighted by atomic mass is 10.0. The zero-order chi connectivity index (χ0) is 19.2. The van der Waals surface area contributed by atoms with Crippen LogP contribution in [0.25, 0.3) is 0 Å². The number of ether oxygens (including phenoxy) is 1. The normalized spacial score (nSPS) is 12.0. The first kappa shape index (κ1) is 26.0. The molecule has 1 aromatic heterocycles. The van der Waals surface area contributed by atoms with Crippen molar-refractivity contribution < 1.29 is 9.53 Å². The smallest absolute Gasteiger partial charge is 0.356 e. The number of aryl methyl sites for hydroxylation is 1. The van der Waals surface area contributed by atoms with Crippen LogP contribution in [0.2, 0.25) is 0 Å². The third-order valence-corrected chi connectivity index (χ3v) is 5.04. The topological polar surface area (TPSA) is 45.3 Å². The van der Waals surface area contributed by atoms with Crippen molar-refractivity contribution in [3.8, 4) is 0 Å². The summed E-state index contributed by atoms with van der Waals surface area (Å²) in [4.78, 5) is 17.0. The highest BCUT2D eigenvalue weighted by molar-refractivity contribution is 5.87. The molecule has 27 heavy (non-hydrogen) atoms. The van der Waals surface area contributed by atoms with Crippen LogP contribution in [0, 0.1) is 0 Å². The Hall–Kier alpha value is -1.00. The van der Waals surface area contributed by atoms with Crippen molar-refractivity contribution in [2.45, 2.75) is 97.1 Å². The van der Waals surface area contributed by atoms with E-state index in [2.05, 4.69) is 11.9 Å². The summed E-state index contributed by atoms with van der Waals surface area (Å²) in [6, 6.07) is 1.93. The summed E-state index contributed by atoms with van der Waals surface area (Å²) in [5.41, 5.74) is 1.75. The van der Waals surface area contributed by atoms with Crippen LogP contribution in [0.1, 0.15) is 101 Å². The van der Waals surface area contributed by atoms with E-state index in [0.29, 0.717) is 5.69 Å². The van der Waals surface area contributed by atoms with Gasteiger partial charge in [-0.2, -0.15) is 0 Å². The van der Waals surface area contributed by atoms with Crippen molar-refractivity contribution in [3.05, 3.63) is 23.5 Å². The third-order valence-electron chi connectivity index (χ3n) is 5.04. The number of nitrogens with zero attached hydrogens (tertiary/aromatic N) is 1. The average Bonchev–Trinajstić information content (AvgIpc) is 3.08. The number of nitrogens with one attached hydrogen (secondary N) is 1. The van der Waals surface area contributed by atoms with Gasteiger partial charge in [0.2, 0.25) is 0 Å². The summed E-state index contributed by atoms with van der Waals surface area (Å²) in [5, 5.41) is 0. The minimum absolute atomic E-state index is 0. The summed E-state index contributed by atoms with van der Waals surface area (Å²) >= 11 is 0. The number of unbranched alkanes of at least 4 members (excludes halogenated alkanes) is 10. The molecular weight excluding hydrogens is 360 g/mol. The van der Waals surface area contributed by atoms with Gasteiger partial charge in [-0.3, -0.25) is 4.90 Å². The second kappa shape index (κ2) is 16.0. The summed E-state index contributed by atoms with van der Waals surface area (Å²) in [7, 11) is 3.79. The standard InChI is InChI=1S/C22H40N2O2.ClH/c1-5-6-7-8-9-10-11-12-13-14-15-16-20-17-21(23-18-20)22(25)26-19(2)24(3)4;/h17-19,23H,5-16H2,1-4H3;1H. The van der Waals surface area contributed by atoms with E-state index in [0.717, 1.165) is 6.42 Å². The van der Waals surface area contributed by atoms with Crippen LogP contribution in [-0.4, -0.2) is 36.2 Å². The first-order valence-electron chi connectivity index (χ1n) is 10.6. The molecule has 0 aliphatic rings. The van der Waals surface area contributed by atoms with Crippen LogP contribution in [0.3, 0.4) is 0 Å². The van der Waals surface area contributed by atoms with Crippen LogP contribution >= 0.6 is 12.4 Å². The van der Waals surface area contributed by atoms with E-state index in [9.17, 15) is 4.79 Å². The highest BCUT2D eigenvalue weighted by Gasteiger charge is 2.15. The molecule has 0 amide bonds. The lowest BCUT2D eigenvalue weighted by Crippen LogP contribution is -2.30. The SMILES string of the molecule is CCCCCCCCCCCCCc1c[nH]c(C(=O)OC(C)N(C)C)c1.Cl. The Balaban J connectivity index is 0.00000676. The number of hydrogen-bond acceptors (Lipinski definition) is 3. The monoisotopic (exact) mass is 400 g/mol. The van der Waals surface area contributed by atoms with E-state index in [1.54, 1.807) is 0 Å². The van der Waals surface area contributed by atoms with Crippen LogP contribution in [0.15, 0.2) is 12.3 Å². The molecule has 0 spiro atoms. The molecule has 1 unspecified atom stereocenters. The Morgan fingerprint density at radius 3 is 2.04 bits per heavy atom. The van der Waals surface area contributed by atoms with Gasteiger partial charge >= 0.3 is 5.97 Å². The fourth-order valence-electron chi connectivity index (χ4n) is 3.02. The number of carbonyl (C=O) groups is 1. The molecule has 0 fully saturated rings. The van der Waals surface area contributed by atoms with E-state index in [4.69, 9.17) is 4.74 Å². The lowest BCUT2D eigenvalue weighted by Gasteiger charge is -2.19. The van der Waals surface area contributed by atoms with Gasteiger partial charge in [-0.1, -0.05) is 71.1 Å². The van der Waals surface area contributed by atoms with Crippen LogP contribution in [-0.2, 0) is 11.2 Å². The maximum absolute atomic E-state index is 12.1. The predicted molar refractivity (Wildman–Crippen MR) is 117 cm³/mol. The van der Waals surface area contributed by atoms with E-state index >= 15 is 0 Å². The zero-order valence-corrected chi connectivity index (χ0v) is 18.7. The number of esters is 1. The number of rotatable bonds is 15. The largest absolute Gasteiger partial charge is 0.442 e. The molecule has 158 valence electrons. The Morgan fingerprint density at radius 2 is 1.52 bits per heavy atom. The average molecular weight is 401 g/mol. The maximum atomic E-state index is 12.1. The molecule has 0 aliphatic carbocycles. The first-order chi connectivity index (χ1) is 12.5. The molecule has 0 bridgehead atoms. The number of carbonyl (C=O) groups excluding carboxylic acids is 1. The van der Waals surface area contributed by atoms with Gasteiger partial charge in [-0.05, 0) is 45.5 Å². The Kier molecular flexibility index (Phi) is 15.4. The van der Waals surface area contributed by atoms with Gasteiger partial charge in [-0.15, -0.1) is 12.4 Å². The number of hydrogen-bond donors (Lipinski definition) is 1. The second-order valence-electron chi connectivity index (χ2n) is 7.68. The number of halogens is 1. The van der Waals surface area contributed by atoms with Crippen molar-refractivity contribution in [3.63, 3.8) is 0 Å². The molecule has 1 aromatic rings. The Morgan fingerprint density at radius 1 is 1.00 bits per heavy atom. The molecule has 1 rings (SSSR count). The minimum atomic E-state index is -0.281. The first-order valence-corrected chi connectivity index (χ1v) is 10.6. The van der Waals surface area contributed by atoms with Crippen molar-refractivity contribution in [2.75, 3.05) is 14.1 Å². The Labute approximate surface area is 172 Å². The zero-order valence-electron chi connectivity index (χ0n) is 17.9. The van der Waals surface area contributed by atoms with Crippen molar-refractivity contribution >= 4 is 18.4 Å². The van der Waals surface area contributed by atoms with Gasteiger partial charge in [0.15, 0.2) is 6.23 Å². The van der Waals surface area contributed by atoms with Crippen molar-refractivity contribution in [1.82, 2.24) is 9.88 Å². The van der Waals surface area contributed by atoms with Crippen LogP contribution < -0.4 is 0 Å². The highest BCUT2D eigenvalue weighted by Crippen LogP contribution is 2.14. The van der Waals surface area contributed by atoms with Crippen LogP contribution in [0.4, 0.5) is 0 Å². The molecule has 1 heterocycles. The summed E-state index contributed by atoms with van der Waals surface area (Å²) in [5.74, 6) is -0.281. The van der Waals surface area contributed by atoms with E-state index in [1.165, 1.54) is 76.2 Å². The predicted octanol–water partition coefficient (Wildman–Crippen LogP) is 6.35. The quantitative estimate of drug-likeness (QED) is 0.212. The molecule has 5 heteroatoms. The van der Waals surface area contributed by atoms with Gasteiger partial charge in [0, 0.05) is 6.20 Å². The highest BCUT2D eigenvalue weighted by atomic mass is 35.5.